The Bertz CT molecular complexity index is 735. The van der Waals surface area contributed by atoms with Crippen LogP contribution >= 0.6 is 0 Å². The molecular formula is C20H24FNO4. The van der Waals surface area contributed by atoms with Gasteiger partial charge in [0.25, 0.3) is 5.91 Å². The molecule has 4 aliphatic carbocycles. The van der Waals surface area contributed by atoms with E-state index in [1.54, 1.807) is 6.07 Å². The summed E-state index contributed by atoms with van der Waals surface area (Å²) >= 11 is 0. The number of benzene rings is 1. The highest BCUT2D eigenvalue weighted by Gasteiger charge is 2.61. The number of carbonyl (C=O) groups excluding carboxylic acids is 2. The van der Waals surface area contributed by atoms with E-state index in [0.29, 0.717) is 18.3 Å². The maximum Gasteiger partial charge on any atom is 0.312 e. The average molecular weight is 361 g/mol. The van der Waals surface area contributed by atoms with Gasteiger partial charge in [-0.1, -0.05) is 12.1 Å². The van der Waals surface area contributed by atoms with Crippen LogP contribution in [-0.2, 0) is 14.3 Å². The minimum atomic E-state index is -1.02. The Kier molecular flexibility index (Phi) is 4.06. The zero-order valence-electron chi connectivity index (χ0n) is 14.8. The number of carbonyl (C=O) groups is 2. The van der Waals surface area contributed by atoms with Crippen LogP contribution in [0.5, 0.6) is 0 Å². The Morgan fingerprint density at radius 3 is 2.50 bits per heavy atom. The summed E-state index contributed by atoms with van der Waals surface area (Å²) in [6.07, 6.45) is 3.46. The number of ether oxygens (including phenoxy) is 1. The molecule has 4 saturated carbocycles. The lowest BCUT2D eigenvalue weighted by Gasteiger charge is -2.58. The molecule has 0 saturated heterocycles. The number of esters is 1. The van der Waals surface area contributed by atoms with Crippen LogP contribution in [0.3, 0.4) is 0 Å². The number of para-hydroxylation sites is 1. The van der Waals surface area contributed by atoms with E-state index in [2.05, 4.69) is 5.32 Å². The van der Waals surface area contributed by atoms with Crippen LogP contribution in [0.4, 0.5) is 10.1 Å². The van der Waals surface area contributed by atoms with Gasteiger partial charge in [-0.15, -0.1) is 0 Å². The zero-order valence-corrected chi connectivity index (χ0v) is 14.8. The Morgan fingerprint density at radius 2 is 1.88 bits per heavy atom. The van der Waals surface area contributed by atoms with E-state index in [-0.39, 0.29) is 5.69 Å². The molecule has 5 nitrogen and oxygen atoms in total. The SMILES string of the molecule is CC(OC(=O)C12CC3CC(CC(O)(C3)C1)C2)C(=O)Nc1ccccc1F. The second-order valence-corrected chi connectivity index (χ2v) is 8.48. The predicted molar refractivity (Wildman–Crippen MR) is 92.6 cm³/mol. The summed E-state index contributed by atoms with van der Waals surface area (Å²) in [7, 11) is 0. The molecule has 3 unspecified atom stereocenters. The minimum Gasteiger partial charge on any atom is -0.452 e. The first-order valence-electron chi connectivity index (χ1n) is 9.27. The van der Waals surface area contributed by atoms with Crippen LogP contribution in [0.2, 0.25) is 0 Å². The molecule has 4 aliphatic rings. The van der Waals surface area contributed by atoms with Crippen molar-refractivity contribution in [1.29, 1.82) is 0 Å². The van der Waals surface area contributed by atoms with Crippen molar-refractivity contribution in [3.05, 3.63) is 30.1 Å². The number of hydrogen-bond acceptors (Lipinski definition) is 4. The number of amides is 1. The summed E-state index contributed by atoms with van der Waals surface area (Å²) in [4.78, 5) is 25.2. The molecule has 4 bridgehead atoms. The Labute approximate surface area is 151 Å². The molecule has 0 aromatic heterocycles. The molecule has 140 valence electrons. The fourth-order valence-corrected chi connectivity index (χ4v) is 5.59. The van der Waals surface area contributed by atoms with Crippen LogP contribution in [-0.4, -0.2) is 28.7 Å². The van der Waals surface area contributed by atoms with Gasteiger partial charge in [0.05, 0.1) is 16.7 Å². The highest BCUT2D eigenvalue weighted by Crippen LogP contribution is 2.62. The van der Waals surface area contributed by atoms with Gasteiger partial charge in [-0.05, 0) is 69.4 Å². The van der Waals surface area contributed by atoms with Gasteiger partial charge in [0.15, 0.2) is 6.10 Å². The summed E-state index contributed by atoms with van der Waals surface area (Å²) < 4.78 is 19.1. The van der Waals surface area contributed by atoms with E-state index in [4.69, 9.17) is 4.74 Å². The number of nitrogens with one attached hydrogen (secondary N) is 1. The molecule has 0 spiro atoms. The molecule has 5 rings (SSSR count). The monoisotopic (exact) mass is 361 g/mol. The first-order valence-corrected chi connectivity index (χ1v) is 9.27. The molecule has 4 fully saturated rings. The van der Waals surface area contributed by atoms with Gasteiger partial charge < -0.3 is 15.2 Å². The number of hydrogen-bond donors (Lipinski definition) is 2. The van der Waals surface area contributed by atoms with Gasteiger partial charge in [-0.25, -0.2) is 4.39 Å². The van der Waals surface area contributed by atoms with Crippen LogP contribution in [0.25, 0.3) is 0 Å². The molecule has 3 atom stereocenters. The van der Waals surface area contributed by atoms with Crippen molar-refractivity contribution in [3.63, 3.8) is 0 Å². The molecular weight excluding hydrogens is 337 g/mol. The lowest BCUT2D eigenvalue weighted by atomic mass is 9.48. The first kappa shape index (κ1) is 17.5. The molecule has 0 radical (unpaired) electrons. The molecule has 1 aromatic carbocycles. The highest BCUT2D eigenvalue weighted by molar-refractivity contribution is 5.95. The summed E-state index contributed by atoms with van der Waals surface area (Å²) in [5.74, 6) is -0.788. The molecule has 6 heteroatoms. The molecule has 2 N–H and O–H groups in total. The largest absolute Gasteiger partial charge is 0.452 e. The summed E-state index contributed by atoms with van der Waals surface area (Å²) in [5.41, 5.74) is -1.38. The van der Waals surface area contributed by atoms with Gasteiger partial charge in [0.1, 0.15) is 5.82 Å². The topological polar surface area (TPSA) is 75.6 Å². The normalized spacial score (nSPS) is 35.8. The van der Waals surface area contributed by atoms with E-state index >= 15 is 0 Å². The molecule has 26 heavy (non-hydrogen) atoms. The third kappa shape index (κ3) is 3.00. The standard InChI is InChI=1S/C20H24FNO4/c1-12(17(23)22-16-5-3-2-4-15(16)21)26-18(24)19-7-13-6-14(8-19)10-20(25,9-13)11-19/h2-5,12-14,25H,6-11H2,1H3,(H,22,23). The number of halogens is 1. The van der Waals surface area contributed by atoms with Crippen LogP contribution in [0.1, 0.15) is 45.4 Å². The minimum absolute atomic E-state index is 0.0597. The van der Waals surface area contributed by atoms with Crippen LogP contribution < -0.4 is 5.32 Å². The quantitative estimate of drug-likeness (QED) is 0.809. The Hall–Kier alpha value is -1.95. The molecule has 1 aromatic rings. The van der Waals surface area contributed by atoms with Crippen molar-refractivity contribution in [2.45, 2.75) is 57.2 Å². The van der Waals surface area contributed by atoms with Gasteiger partial charge in [0, 0.05) is 0 Å². The van der Waals surface area contributed by atoms with E-state index < -0.39 is 34.8 Å². The van der Waals surface area contributed by atoms with E-state index in [1.165, 1.54) is 25.1 Å². The molecule has 0 aliphatic heterocycles. The van der Waals surface area contributed by atoms with Crippen molar-refractivity contribution in [1.82, 2.24) is 0 Å². The first-order chi connectivity index (χ1) is 12.3. The lowest BCUT2D eigenvalue weighted by molar-refractivity contribution is -0.199. The third-order valence-electron chi connectivity index (χ3n) is 6.25. The van der Waals surface area contributed by atoms with E-state index in [9.17, 15) is 19.1 Å². The van der Waals surface area contributed by atoms with Crippen molar-refractivity contribution in [2.75, 3.05) is 5.32 Å². The molecule has 1 amide bonds. The summed E-state index contributed by atoms with van der Waals surface area (Å²) in [6, 6.07) is 5.86. The maximum atomic E-state index is 13.7. The predicted octanol–water partition coefficient (Wildman–Crippen LogP) is 3.03. The van der Waals surface area contributed by atoms with Crippen molar-refractivity contribution in [3.8, 4) is 0 Å². The maximum absolute atomic E-state index is 13.7. The lowest BCUT2D eigenvalue weighted by Crippen LogP contribution is -2.59. The number of anilines is 1. The molecule has 0 heterocycles. The third-order valence-corrected chi connectivity index (χ3v) is 6.25. The van der Waals surface area contributed by atoms with Crippen molar-refractivity contribution in [2.24, 2.45) is 17.3 Å². The van der Waals surface area contributed by atoms with Gasteiger partial charge >= 0.3 is 5.97 Å². The zero-order chi connectivity index (χ0) is 18.5. The van der Waals surface area contributed by atoms with Crippen LogP contribution in [0, 0.1) is 23.1 Å². The van der Waals surface area contributed by atoms with E-state index in [0.717, 1.165) is 32.1 Å². The van der Waals surface area contributed by atoms with Crippen molar-refractivity contribution < 1.29 is 23.8 Å². The van der Waals surface area contributed by atoms with Crippen LogP contribution in [0.15, 0.2) is 24.3 Å². The van der Waals surface area contributed by atoms with Crippen molar-refractivity contribution >= 4 is 17.6 Å². The average Bonchev–Trinajstić information content (AvgIpc) is 2.54. The van der Waals surface area contributed by atoms with Gasteiger partial charge in [-0.2, -0.15) is 0 Å². The second kappa shape index (κ2) is 6.05. The smallest absolute Gasteiger partial charge is 0.312 e. The fraction of sp³-hybridized carbons (Fsp3) is 0.600. The van der Waals surface area contributed by atoms with E-state index in [1.807, 2.05) is 0 Å². The second-order valence-electron chi connectivity index (χ2n) is 8.48. The Balaban J connectivity index is 1.43. The Morgan fingerprint density at radius 1 is 1.23 bits per heavy atom. The highest BCUT2D eigenvalue weighted by atomic mass is 19.1. The fourth-order valence-electron chi connectivity index (χ4n) is 5.59. The summed E-state index contributed by atoms with van der Waals surface area (Å²) in [5, 5.41) is 13.2. The van der Waals surface area contributed by atoms with Gasteiger partial charge in [-0.3, -0.25) is 9.59 Å². The van der Waals surface area contributed by atoms with Gasteiger partial charge in [0.2, 0.25) is 0 Å². The number of aliphatic hydroxyl groups is 1. The number of rotatable bonds is 4. The summed E-state index contributed by atoms with van der Waals surface area (Å²) in [6.45, 7) is 1.49.